The molecule has 1 heterocycles. The number of pyridine rings is 1. The van der Waals surface area contributed by atoms with E-state index in [0.717, 1.165) is 5.56 Å². The highest BCUT2D eigenvalue weighted by Crippen LogP contribution is 2.20. The van der Waals surface area contributed by atoms with Crippen molar-refractivity contribution in [3.05, 3.63) is 29.0 Å². The summed E-state index contributed by atoms with van der Waals surface area (Å²) in [6.45, 7) is 1.29. The summed E-state index contributed by atoms with van der Waals surface area (Å²) >= 11 is 7.32. The normalized spacial score (nSPS) is 11.9. The summed E-state index contributed by atoms with van der Waals surface area (Å²) in [6, 6.07) is 0.900. The fourth-order valence-electron chi connectivity index (χ4n) is 1.23. The first kappa shape index (κ1) is 14.8. The zero-order valence-corrected chi connectivity index (χ0v) is 11.3. The summed E-state index contributed by atoms with van der Waals surface area (Å²) in [5.74, 6) is -0.540. The third-order valence-electron chi connectivity index (χ3n) is 2.07. The van der Waals surface area contributed by atoms with E-state index < -0.39 is 12.0 Å². The Kier molecular flexibility index (Phi) is 5.94. The Hall–Kier alpha value is -1.27. The fraction of sp³-hybridized carbons (Fsp3) is 0.364. The molecule has 1 atom stereocenters. The maximum atomic E-state index is 10.9. The lowest BCUT2D eigenvalue weighted by molar-refractivity contribution is -0.140. The third kappa shape index (κ3) is 4.93. The second-order valence-corrected chi connectivity index (χ2v) is 5.01. The van der Waals surface area contributed by atoms with Gasteiger partial charge in [-0.15, -0.1) is 0 Å². The average Bonchev–Trinajstić information content (AvgIpc) is 2.29. The van der Waals surface area contributed by atoms with Crippen LogP contribution in [0.5, 0.6) is 0 Å². The Balaban J connectivity index is 2.46. The molecule has 0 aliphatic heterocycles. The zero-order valence-electron chi connectivity index (χ0n) is 9.72. The van der Waals surface area contributed by atoms with Gasteiger partial charge in [-0.1, -0.05) is 11.6 Å². The molecule has 98 valence electrons. The Morgan fingerprint density at radius 2 is 2.33 bits per heavy atom. The molecule has 18 heavy (non-hydrogen) atoms. The van der Waals surface area contributed by atoms with Gasteiger partial charge in [-0.25, -0.2) is 4.79 Å². The summed E-state index contributed by atoms with van der Waals surface area (Å²) in [7, 11) is 0. The van der Waals surface area contributed by atoms with Crippen molar-refractivity contribution in [2.45, 2.75) is 18.7 Å². The van der Waals surface area contributed by atoms with Crippen molar-refractivity contribution in [2.75, 3.05) is 5.75 Å². The molecule has 1 aromatic heterocycles. The molecule has 1 amide bonds. The fourth-order valence-corrected chi connectivity index (χ4v) is 2.54. The summed E-state index contributed by atoms with van der Waals surface area (Å²) in [6.07, 6.45) is 3.17. The molecular formula is C11H13ClN2O3S. The van der Waals surface area contributed by atoms with Crippen molar-refractivity contribution < 1.29 is 14.7 Å². The predicted octanol–water partition coefficient (Wildman–Crippen LogP) is 1.56. The number of carboxylic acid groups (broad SMARTS) is 1. The lowest BCUT2D eigenvalue weighted by Gasteiger charge is -2.12. The van der Waals surface area contributed by atoms with Crippen molar-refractivity contribution in [3.63, 3.8) is 0 Å². The average molecular weight is 289 g/mol. The van der Waals surface area contributed by atoms with E-state index in [-0.39, 0.29) is 11.7 Å². The maximum absolute atomic E-state index is 10.9. The van der Waals surface area contributed by atoms with Gasteiger partial charge >= 0.3 is 5.97 Å². The van der Waals surface area contributed by atoms with E-state index in [0.29, 0.717) is 10.8 Å². The molecule has 2 N–H and O–H groups in total. The summed E-state index contributed by atoms with van der Waals surface area (Å²) in [5, 5.41) is 11.8. The minimum atomic E-state index is -1.04. The van der Waals surface area contributed by atoms with Crippen LogP contribution < -0.4 is 5.32 Å². The van der Waals surface area contributed by atoms with E-state index in [9.17, 15) is 9.59 Å². The number of aliphatic carboxylic acids is 1. The summed E-state index contributed by atoms with van der Waals surface area (Å²) in [5.41, 5.74) is 0.892. The summed E-state index contributed by atoms with van der Waals surface area (Å²) in [4.78, 5) is 25.6. The number of aromatic nitrogens is 1. The number of halogens is 1. The highest BCUT2D eigenvalue weighted by atomic mass is 35.5. The molecule has 1 rings (SSSR count). The van der Waals surface area contributed by atoms with Gasteiger partial charge in [0, 0.05) is 30.8 Å². The first-order chi connectivity index (χ1) is 8.50. The van der Waals surface area contributed by atoms with Crippen LogP contribution in [0.15, 0.2) is 18.5 Å². The molecule has 1 aromatic rings. The molecule has 0 saturated carbocycles. The standard InChI is InChI=1S/C11H13ClN2O3S/c1-7(15)14-10(11(16)17)6-18-5-8-2-3-13-4-9(8)12/h2-4,10H,5-6H2,1H3,(H,14,15)(H,16,17)/t10-/m0/s1. The molecule has 0 aliphatic rings. The number of carbonyl (C=O) groups excluding carboxylic acids is 1. The smallest absolute Gasteiger partial charge is 0.327 e. The predicted molar refractivity (Wildman–Crippen MR) is 70.6 cm³/mol. The number of rotatable bonds is 6. The van der Waals surface area contributed by atoms with Crippen molar-refractivity contribution in [1.29, 1.82) is 0 Å². The van der Waals surface area contributed by atoms with Crippen molar-refractivity contribution >= 4 is 35.2 Å². The number of hydrogen-bond acceptors (Lipinski definition) is 4. The van der Waals surface area contributed by atoms with E-state index in [1.165, 1.54) is 18.7 Å². The van der Waals surface area contributed by atoms with Gasteiger partial charge in [0.1, 0.15) is 6.04 Å². The van der Waals surface area contributed by atoms with E-state index in [2.05, 4.69) is 10.3 Å². The van der Waals surface area contributed by atoms with Crippen LogP contribution in [0.4, 0.5) is 0 Å². The lowest BCUT2D eigenvalue weighted by Crippen LogP contribution is -2.41. The summed E-state index contributed by atoms with van der Waals surface area (Å²) < 4.78 is 0. The Bertz CT molecular complexity index is 442. The van der Waals surface area contributed by atoms with Gasteiger partial charge < -0.3 is 10.4 Å². The minimum absolute atomic E-state index is 0.285. The first-order valence-electron chi connectivity index (χ1n) is 5.16. The number of thioether (sulfide) groups is 1. The van der Waals surface area contributed by atoms with E-state index in [1.807, 2.05) is 0 Å². The van der Waals surface area contributed by atoms with Crippen LogP contribution >= 0.6 is 23.4 Å². The van der Waals surface area contributed by atoms with E-state index >= 15 is 0 Å². The van der Waals surface area contributed by atoms with Crippen LogP contribution in [0.1, 0.15) is 12.5 Å². The quantitative estimate of drug-likeness (QED) is 0.830. The molecule has 0 bridgehead atoms. The van der Waals surface area contributed by atoms with Crippen LogP contribution in [0.2, 0.25) is 5.02 Å². The van der Waals surface area contributed by atoms with E-state index in [1.54, 1.807) is 18.5 Å². The zero-order chi connectivity index (χ0) is 13.5. The number of carbonyl (C=O) groups is 2. The van der Waals surface area contributed by atoms with Crippen molar-refractivity contribution in [1.82, 2.24) is 10.3 Å². The first-order valence-corrected chi connectivity index (χ1v) is 6.70. The van der Waals surface area contributed by atoms with Crippen molar-refractivity contribution in [2.24, 2.45) is 0 Å². The molecule has 0 spiro atoms. The highest BCUT2D eigenvalue weighted by Gasteiger charge is 2.18. The molecule has 7 heteroatoms. The van der Waals surface area contributed by atoms with Gasteiger partial charge in [-0.3, -0.25) is 9.78 Å². The molecule has 0 saturated heterocycles. The maximum Gasteiger partial charge on any atom is 0.327 e. The Morgan fingerprint density at radius 3 is 2.89 bits per heavy atom. The lowest BCUT2D eigenvalue weighted by atomic mass is 10.3. The monoisotopic (exact) mass is 288 g/mol. The molecule has 0 fully saturated rings. The number of nitrogens with zero attached hydrogens (tertiary/aromatic N) is 1. The van der Waals surface area contributed by atoms with Crippen LogP contribution in [0.3, 0.4) is 0 Å². The van der Waals surface area contributed by atoms with Crippen LogP contribution in [0.25, 0.3) is 0 Å². The van der Waals surface area contributed by atoms with Crippen LogP contribution in [0, 0.1) is 0 Å². The van der Waals surface area contributed by atoms with Gasteiger partial charge in [0.2, 0.25) is 5.91 Å². The van der Waals surface area contributed by atoms with Crippen LogP contribution in [-0.2, 0) is 15.3 Å². The van der Waals surface area contributed by atoms with Gasteiger partial charge in [0.25, 0.3) is 0 Å². The molecular weight excluding hydrogens is 276 g/mol. The molecule has 0 unspecified atom stereocenters. The van der Waals surface area contributed by atoms with Crippen molar-refractivity contribution in [3.8, 4) is 0 Å². The number of nitrogens with one attached hydrogen (secondary N) is 1. The van der Waals surface area contributed by atoms with Gasteiger partial charge in [0.05, 0.1) is 5.02 Å². The van der Waals surface area contributed by atoms with Gasteiger partial charge in [-0.05, 0) is 11.6 Å². The van der Waals surface area contributed by atoms with Gasteiger partial charge in [0.15, 0.2) is 0 Å². The van der Waals surface area contributed by atoms with Crippen LogP contribution in [-0.4, -0.2) is 33.8 Å². The third-order valence-corrected chi connectivity index (χ3v) is 3.50. The molecule has 0 radical (unpaired) electrons. The second kappa shape index (κ2) is 7.23. The largest absolute Gasteiger partial charge is 0.480 e. The SMILES string of the molecule is CC(=O)N[C@@H](CSCc1ccncc1Cl)C(=O)O. The second-order valence-electron chi connectivity index (χ2n) is 3.57. The Labute approximate surface area is 114 Å². The number of amides is 1. The number of hydrogen-bond donors (Lipinski definition) is 2. The van der Waals surface area contributed by atoms with Gasteiger partial charge in [-0.2, -0.15) is 11.8 Å². The van der Waals surface area contributed by atoms with E-state index in [4.69, 9.17) is 16.7 Å². The minimum Gasteiger partial charge on any atom is -0.480 e. The molecule has 0 aliphatic carbocycles. The Morgan fingerprint density at radius 1 is 1.61 bits per heavy atom. The molecule has 5 nitrogen and oxygen atoms in total. The topological polar surface area (TPSA) is 79.3 Å². The molecule has 0 aromatic carbocycles. The highest BCUT2D eigenvalue weighted by molar-refractivity contribution is 7.98. The number of carboxylic acids is 1.